The predicted molar refractivity (Wildman–Crippen MR) is 158 cm³/mol. The Hall–Kier alpha value is -0.978. The molecule has 0 unspecified atom stereocenters. The van der Waals surface area contributed by atoms with Crippen LogP contribution in [0.25, 0.3) is 0 Å². The van der Waals surface area contributed by atoms with Gasteiger partial charge in [0.15, 0.2) is 0 Å². The first-order chi connectivity index (χ1) is 17.1. The van der Waals surface area contributed by atoms with Crippen molar-refractivity contribution in [2.45, 2.75) is 105 Å². The van der Waals surface area contributed by atoms with E-state index in [0.717, 1.165) is 12.8 Å². The van der Waals surface area contributed by atoms with E-state index in [1.165, 1.54) is 46.5 Å². The van der Waals surface area contributed by atoms with Gasteiger partial charge in [0.1, 0.15) is 0 Å². The number of nitrogens with zero attached hydrogens (tertiary/aromatic N) is 2. The number of rotatable bonds is 8. The second-order valence-electron chi connectivity index (χ2n) is 11.2. The monoisotopic (exact) mass is 620 g/mol. The van der Waals surface area contributed by atoms with Gasteiger partial charge < -0.3 is 0 Å². The van der Waals surface area contributed by atoms with Gasteiger partial charge in [-0.05, 0) is 58.8 Å². The molecule has 0 radical (unpaired) electrons. The van der Waals surface area contributed by atoms with Crippen molar-refractivity contribution in [3.05, 3.63) is 58.7 Å². The van der Waals surface area contributed by atoms with E-state index in [0.29, 0.717) is 23.7 Å². The van der Waals surface area contributed by atoms with Crippen molar-refractivity contribution in [3.63, 3.8) is 0 Å². The van der Waals surface area contributed by atoms with Crippen LogP contribution in [-0.4, -0.2) is 12.4 Å². The molecule has 5 heteroatoms. The molecule has 0 spiro atoms. The molecule has 1 saturated carbocycles. The molecule has 3 rings (SSSR count). The van der Waals surface area contributed by atoms with E-state index in [2.05, 4.69) is 104 Å². The van der Waals surface area contributed by atoms with Gasteiger partial charge in [0.25, 0.3) is 0 Å². The SMILES string of the molecule is CC(C)c1cccc(C(C)C)c1N=CC1(C=Nc2c(C(C)C)cccc2C(C)C)CCCC1.[Cl][Pd][Cl]. The number of para-hydroxylation sites is 2. The molecule has 0 bridgehead atoms. The van der Waals surface area contributed by atoms with Crippen LogP contribution in [-0.2, 0) is 15.9 Å². The van der Waals surface area contributed by atoms with Gasteiger partial charge in [0.2, 0.25) is 0 Å². The number of hydrogen-bond acceptors (Lipinski definition) is 2. The van der Waals surface area contributed by atoms with E-state index in [-0.39, 0.29) is 21.4 Å². The van der Waals surface area contributed by atoms with Crippen LogP contribution in [0.5, 0.6) is 0 Å². The molecule has 1 aliphatic carbocycles. The van der Waals surface area contributed by atoms with Crippen LogP contribution in [0.3, 0.4) is 0 Å². The fraction of sp³-hybridized carbons (Fsp3) is 0.548. The summed E-state index contributed by atoms with van der Waals surface area (Å²) >= 11 is -0.106. The quantitative estimate of drug-likeness (QED) is 0.207. The van der Waals surface area contributed by atoms with Gasteiger partial charge in [-0.15, -0.1) is 0 Å². The maximum absolute atomic E-state index is 5.21. The van der Waals surface area contributed by atoms with E-state index in [4.69, 9.17) is 29.0 Å². The summed E-state index contributed by atoms with van der Waals surface area (Å²) in [5.74, 6) is 1.82. The number of aliphatic imine (C=N–C) groups is 2. The summed E-state index contributed by atoms with van der Waals surface area (Å²) in [4.78, 5) is 10.4. The van der Waals surface area contributed by atoms with E-state index in [1.54, 1.807) is 0 Å². The van der Waals surface area contributed by atoms with Crippen LogP contribution < -0.4 is 0 Å². The molecule has 2 aromatic rings. The normalized spacial score (nSPS) is 15.7. The van der Waals surface area contributed by atoms with E-state index in [9.17, 15) is 0 Å². The third-order valence-electron chi connectivity index (χ3n) is 7.12. The molecule has 0 heterocycles. The molecule has 0 atom stereocenters. The Morgan fingerprint density at radius 2 is 0.917 bits per heavy atom. The van der Waals surface area contributed by atoms with Crippen molar-refractivity contribution >= 4 is 42.9 Å². The minimum absolute atomic E-state index is 0.0588. The molecule has 0 saturated heterocycles. The maximum atomic E-state index is 5.21. The van der Waals surface area contributed by atoms with E-state index >= 15 is 0 Å². The Morgan fingerprint density at radius 1 is 0.639 bits per heavy atom. The van der Waals surface area contributed by atoms with Gasteiger partial charge in [0.05, 0.1) is 11.4 Å². The topological polar surface area (TPSA) is 24.7 Å². The summed E-state index contributed by atoms with van der Waals surface area (Å²) in [6.07, 6.45) is 9.21. The first-order valence-corrected chi connectivity index (χ1v) is 17.3. The van der Waals surface area contributed by atoms with Crippen molar-refractivity contribution in [2.24, 2.45) is 15.4 Å². The number of halogens is 2. The molecule has 0 amide bonds. The van der Waals surface area contributed by atoms with Crippen molar-refractivity contribution in [1.82, 2.24) is 0 Å². The van der Waals surface area contributed by atoms with Crippen LogP contribution in [0, 0.1) is 5.41 Å². The van der Waals surface area contributed by atoms with Gasteiger partial charge in [-0.1, -0.05) is 105 Å². The summed E-state index contributed by atoms with van der Waals surface area (Å²) in [5, 5.41) is 0. The Labute approximate surface area is 236 Å². The van der Waals surface area contributed by atoms with Crippen LogP contribution >= 0.6 is 19.1 Å². The molecule has 0 N–H and O–H groups in total. The van der Waals surface area contributed by atoms with Crippen molar-refractivity contribution in [1.29, 1.82) is 0 Å². The van der Waals surface area contributed by atoms with Gasteiger partial charge >= 0.3 is 35.0 Å². The fourth-order valence-electron chi connectivity index (χ4n) is 5.03. The zero-order chi connectivity index (χ0) is 26.9. The number of benzene rings is 2. The summed E-state index contributed by atoms with van der Waals surface area (Å²) < 4.78 is 0. The van der Waals surface area contributed by atoms with Gasteiger partial charge in [0, 0.05) is 17.8 Å². The van der Waals surface area contributed by atoms with Crippen molar-refractivity contribution in [3.8, 4) is 0 Å². The molecular weight excluding hydrogens is 578 g/mol. The minimum atomic E-state index is -0.106. The molecular formula is C31H44Cl2N2Pd. The first kappa shape index (κ1) is 31.2. The molecule has 0 aromatic heterocycles. The zero-order valence-electron chi connectivity index (χ0n) is 23.2. The van der Waals surface area contributed by atoms with Crippen molar-refractivity contribution in [2.75, 3.05) is 0 Å². The second-order valence-corrected chi connectivity index (χ2v) is 13.6. The van der Waals surface area contributed by atoms with Crippen LogP contribution in [0.2, 0.25) is 0 Å². The molecule has 1 fully saturated rings. The molecule has 1 aliphatic rings. The standard InChI is InChI=1S/C31H44N2.2ClH.Pd/c1-21(2)25-13-11-14-26(22(3)4)29(25)32-19-31(17-9-10-18-31)20-33-30-27(23(5)6)15-12-16-28(30)24(7)8;;;/h11-16,19-24H,9-10,17-18H2,1-8H3;2*1H;/q;;;+2/p-2. The Morgan fingerprint density at radius 3 is 1.17 bits per heavy atom. The Balaban J connectivity index is 0.00000145. The fourth-order valence-corrected chi connectivity index (χ4v) is 5.03. The molecule has 0 aliphatic heterocycles. The van der Waals surface area contributed by atoms with Gasteiger partial charge in [-0.25, -0.2) is 0 Å². The van der Waals surface area contributed by atoms with Crippen LogP contribution in [0.15, 0.2) is 46.4 Å². The third kappa shape index (κ3) is 8.26. The molecule has 2 nitrogen and oxygen atoms in total. The second kappa shape index (κ2) is 14.8. The zero-order valence-corrected chi connectivity index (χ0v) is 26.3. The molecule has 202 valence electrons. The predicted octanol–water partition coefficient (Wildman–Crippen LogP) is 11.2. The summed E-state index contributed by atoms with van der Waals surface area (Å²) in [5.41, 5.74) is 7.66. The Kier molecular flexibility index (Phi) is 12.9. The summed E-state index contributed by atoms with van der Waals surface area (Å²) in [6.45, 7) is 18.1. The van der Waals surface area contributed by atoms with E-state index < -0.39 is 0 Å². The summed E-state index contributed by atoms with van der Waals surface area (Å²) in [7, 11) is 9.63. The number of hydrogen-bond donors (Lipinski definition) is 0. The van der Waals surface area contributed by atoms with Crippen LogP contribution in [0.1, 0.15) is 127 Å². The average molecular weight is 622 g/mol. The molecule has 36 heavy (non-hydrogen) atoms. The van der Waals surface area contributed by atoms with Crippen molar-refractivity contribution < 1.29 is 15.9 Å². The van der Waals surface area contributed by atoms with Gasteiger partial charge in [-0.2, -0.15) is 0 Å². The average Bonchev–Trinajstić information content (AvgIpc) is 3.30. The third-order valence-corrected chi connectivity index (χ3v) is 7.12. The first-order valence-electron chi connectivity index (χ1n) is 13.2. The molecule has 2 aromatic carbocycles. The van der Waals surface area contributed by atoms with Gasteiger partial charge in [-0.3, -0.25) is 9.98 Å². The summed E-state index contributed by atoms with van der Waals surface area (Å²) in [6, 6.07) is 13.3. The van der Waals surface area contributed by atoms with E-state index in [1.807, 2.05) is 0 Å². The Bertz CT molecular complexity index is 891. The van der Waals surface area contributed by atoms with Crippen LogP contribution in [0.4, 0.5) is 11.4 Å².